The highest BCUT2D eigenvalue weighted by Crippen LogP contribution is 2.29. The number of rotatable bonds is 7. The number of benzene rings is 1. The molecule has 1 rings (SSSR count). The fourth-order valence-electron chi connectivity index (χ4n) is 2.42. The summed E-state index contributed by atoms with van der Waals surface area (Å²) >= 11 is 0. The van der Waals surface area contributed by atoms with Crippen LogP contribution in [0.1, 0.15) is 19.4 Å². The molecule has 0 amide bonds. The van der Waals surface area contributed by atoms with Gasteiger partial charge in [0.2, 0.25) is 16.6 Å². The van der Waals surface area contributed by atoms with Crippen LogP contribution in [0.3, 0.4) is 0 Å². The lowest BCUT2D eigenvalue weighted by molar-refractivity contribution is 0.336. The average molecular weight is 309 g/mol. The summed E-state index contributed by atoms with van der Waals surface area (Å²) in [5, 5.41) is 1.37. The maximum absolute atomic E-state index is 6.11. The minimum atomic E-state index is -1.90. The molecule has 1 aromatic rings. The van der Waals surface area contributed by atoms with E-state index in [1.54, 1.807) is 0 Å². The van der Waals surface area contributed by atoms with Gasteiger partial charge in [-0.25, -0.2) is 0 Å². The van der Waals surface area contributed by atoms with E-state index in [4.69, 9.17) is 8.85 Å². The van der Waals surface area contributed by atoms with Gasteiger partial charge >= 0.3 is 0 Å². The molecule has 20 heavy (non-hydrogen) atoms. The van der Waals surface area contributed by atoms with Crippen molar-refractivity contribution in [3.63, 3.8) is 0 Å². The van der Waals surface area contributed by atoms with Gasteiger partial charge in [-0.15, -0.1) is 0 Å². The van der Waals surface area contributed by atoms with Crippen molar-refractivity contribution in [3.05, 3.63) is 41.6 Å². The minimum absolute atomic E-state index is 0.764. The Kier molecular flexibility index (Phi) is 6.39. The SMILES string of the molecule is CCO[Si](C)(C)/C=C(/c1ccccc1)[Si](C)(C)OCC. The molecule has 0 aliphatic carbocycles. The third-order valence-corrected chi connectivity index (χ3v) is 8.29. The second-order valence-electron chi connectivity index (χ2n) is 5.90. The summed E-state index contributed by atoms with van der Waals surface area (Å²) in [6.07, 6.45) is 0. The normalized spacial score (nSPS) is 13.6. The zero-order chi connectivity index (χ0) is 15.2. The fraction of sp³-hybridized carbons (Fsp3) is 0.500. The van der Waals surface area contributed by atoms with Crippen molar-refractivity contribution in [1.29, 1.82) is 0 Å². The van der Waals surface area contributed by atoms with E-state index in [1.807, 2.05) is 0 Å². The summed E-state index contributed by atoms with van der Waals surface area (Å²) in [6, 6.07) is 10.6. The molecule has 0 fully saturated rings. The van der Waals surface area contributed by atoms with Crippen molar-refractivity contribution in [2.24, 2.45) is 0 Å². The lowest BCUT2D eigenvalue weighted by Gasteiger charge is -2.29. The molecule has 0 saturated heterocycles. The van der Waals surface area contributed by atoms with E-state index in [0.29, 0.717) is 0 Å². The molecule has 0 unspecified atom stereocenters. The van der Waals surface area contributed by atoms with Crippen LogP contribution in [0.25, 0.3) is 5.20 Å². The zero-order valence-corrected chi connectivity index (χ0v) is 15.7. The first-order chi connectivity index (χ1) is 9.32. The topological polar surface area (TPSA) is 18.5 Å². The fourth-order valence-corrected chi connectivity index (χ4v) is 8.28. The van der Waals surface area contributed by atoms with Gasteiger partial charge in [0.05, 0.1) is 0 Å². The van der Waals surface area contributed by atoms with E-state index in [2.05, 4.69) is 76.1 Å². The largest absolute Gasteiger partial charge is 0.414 e. The molecule has 1 aromatic carbocycles. The first kappa shape index (κ1) is 17.4. The van der Waals surface area contributed by atoms with Crippen LogP contribution in [-0.4, -0.2) is 29.8 Å². The van der Waals surface area contributed by atoms with Gasteiger partial charge in [-0.05, 0) is 50.8 Å². The Balaban J connectivity index is 3.25. The molecule has 0 aliphatic rings. The molecule has 112 valence electrons. The molecule has 0 bridgehead atoms. The van der Waals surface area contributed by atoms with Crippen molar-refractivity contribution in [2.75, 3.05) is 13.2 Å². The Labute approximate surface area is 126 Å². The Morgan fingerprint density at radius 2 is 1.50 bits per heavy atom. The molecule has 2 nitrogen and oxygen atoms in total. The predicted octanol–water partition coefficient (Wildman–Crippen LogP) is 4.63. The predicted molar refractivity (Wildman–Crippen MR) is 92.6 cm³/mol. The molecule has 0 saturated carbocycles. The summed E-state index contributed by atoms with van der Waals surface area (Å²) in [6.45, 7) is 14.7. The van der Waals surface area contributed by atoms with E-state index >= 15 is 0 Å². The Morgan fingerprint density at radius 1 is 0.950 bits per heavy atom. The molecular weight excluding hydrogens is 280 g/mol. The van der Waals surface area contributed by atoms with Gasteiger partial charge in [-0.1, -0.05) is 36.0 Å². The zero-order valence-electron chi connectivity index (χ0n) is 13.7. The molecule has 0 N–H and O–H groups in total. The van der Waals surface area contributed by atoms with E-state index in [1.165, 1.54) is 10.8 Å². The summed E-state index contributed by atoms with van der Waals surface area (Å²) in [4.78, 5) is 0. The van der Waals surface area contributed by atoms with Gasteiger partial charge in [-0.2, -0.15) is 0 Å². The summed E-state index contributed by atoms with van der Waals surface area (Å²) in [5.41, 5.74) is 3.66. The van der Waals surface area contributed by atoms with Crippen molar-refractivity contribution < 1.29 is 8.85 Å². The maximum atomic E-state index is 6.11. The molecule has 4 heteroatoms. The first-order valence-electron chi connectivity index (χ1n) is 7.39. The van der Waals surface area contributed by atoms with E-state index in [9.17, 15) is 0 Å². The van der Waals surface area contributed by atoms with Crippen LogP contribution in [0.2, 0.25) is 26.2 Å². The van der Waals surface area contributed by atoms with Crippen LogP contribution in [0.15, 0.2) is 36.0 Å². The van der Waals surface area contributed by atoms with Crippen LogP contribution in [-0.2, 0) is 8.85 Å². The van der Waals surface area contributed by atoms with E-state index in [0.717, 1.165) is 13.2 Å². The highest BCUT2D eigenvalue weighted by molar-refractivity contribution is 6.93. The monoisotopic (exact) mass is 308 g/mol. The molecule has 0 aliphatic heterocycles. The summed E-state index contributed by atoms with van der Waals surface area (Å²) in [7, 11) is -3.69. The lowest BCUT2D eigenvalue weighted by atomic mass is 10.2. The lowest BCUT2D eigenvalue weighted by Crippen LogP contribution is -2.37. The van der Waals surface area contributed by atoms with Crippen molar-refractivity contribution in [2.45, 2.75) is 40.0 Å². The second-order valence-corrected chi connectivity index (χ2v) is 13.5. The minimum Gasteiger partial charge on any atom is -0.414 e. The highest BCUT2D eigenvalue weighted by Gasteiger charge is 2.32. The Morgan fingerprint density at radius 3 is 2.00 bits per heavy atom. The molecule has 0 spiro atoms. The standard InChI is InChI=1S/C16H28O2Si2/c1-7-17-19(3,4)14-16(20(5,6)18-8-2)15-12-10-9-11-13-15/h9-14H,7-8H2,1-6H3/b16-14-. The van der Waals surface area contributed by atoms with Crippen LogP contribution < -0.4 is 0 Å². The van der Waals surface area contributed by atoms with Crippen molar-refractivity contribution in [3.8, 4) is 0 Å². The number of hydrogen-bond acceptors (Lipinski definition) is 2. The molecule has 0 aromatic heterocycles. The molecule has 0 atom stereocenters. The van der Waals surface area contributed by atoms with Crippen molar-refractivity contribution in [1.82, 2.24) is 0 Å². The third-order valence-electron chi connectivity index (χ3n) is 3.25. The smallest absolute Gasteiger partial charge is 0.218 e. The van der Waals surface area contributed by atoms with Crippen LogP contribution in [0, 0.1) is 0 Å². The van der Waals surface area contributed by atoms with Crippen molar-refractivity contribution >= 4 is 21.8 Å². The third kappa shape index (κ3) is 5.01. The van der Waals surface area contributed by atoms with Gasteiger partial charge in [0, 0.05) is 13.2 Å². The van der Waals surface area contributed by atoms with Crippen LogP contribution >= 0.6 is 0 Å². The average Bonchev–Trinajstić information content (AvgIpc) is 2.37. The molecule has 0 heterocycles. The molecule has 0 radical (unpaired) electrons. The maximum Gasteiger partial charge on any atom is 0.218 e. The van der Waals surface area contributed by atoms with Crippen LogP contribution in [0.4, 0.5) is 0 Å². The molecular formula is C16H28O2Si2. The quantitative estimate of drug-likeness (QED) is 0.684. The van der Waals surface area contributed by atoms with Crippen LogP contribution in [0.5, 0.6) is 0 Å². The second kappa shape index (κ2) is 7.36. The van der Waals surface area contributed by atoms with E-state index < -0.39 is 16.6 Å². The Bertz CT molecular complexity index is 439. The first-order valence-corrected chi connectivity index (χ1v) is 13.3. The summed E-state index contributed by atoms with van der Waals surface area (Å²) in [5.74, 6) is 0. The summed E-state index contributed by atoms with van der Waals surface area (Å²) < 4.78 is 12.1. The Hall–Kier alpha value is -0.686. The number of hydrogen-bond donors (Lipinski definition) is 0. The van der Waals surface area contributed by atoms with Gasteiger partial charge in [0.25, 0.3) is 0 Å². The van der Waals surface area contributed by atoms with Gasteiger partial charge in [0.1, 0.15) is 0 Å². The highest BCUT2D eigenvalue weighted by atomic mass is 28.4. The van der Waals surface area contributed by atoms with Gasteiger partial charge in [-0.3, -0.25) is 0 Å². The van der Waals surface area contributed by atoms with Gasteiger partial charge < -0.3 is 8.85 Å². The van der Waals surface area contributed by atoms with Gasteiger partial charge in [0.15, 0.2) is 0 Å². The van der Waals surface area contributed by atoms with E-state index in [-0.39, 0.29) is 0 Å².